The number of carbonyl (C=O) groups excluding carboxylic acids is 1. The lowest BCUT2D eigenvalue weighted by Gasteiger charge is -2.12. The number of primary amides is 1. The fourth-order valence-corrected chi connectivity index (χ4v) is 1.94. The molecule has 0 saturated carbocycles. The van der Waals surface area contributed by atoms with E-state index < -0.39 is 12.0 Å². The molecule has 5 N–H and O–H groups in total. The van der Waals surface area contributed by atoms with Crippen LogP contribution in [0.1, 0.15) is 5.56 Å². The van der Waals surface area contributed by atoms with Crippen LogP contribution >= 0.6 is 0 Å². The van der Waals surface area contributed by atoms with Crippen molar-refractivity contribution in [3.63, 3.8) is 0 Å². The van der Waals surface area contributed by atoms with Crippen LogP contribution in [0.5, 0.6) is 5.75 Å². The van der Waals surface area contributed by atoms with Gasteiger partial charge in [0.15, 0.2) is 0 Å². The van der Waals surface area contributed by atoms with Crippen LogP contribution in [0.2, 0.25) is 0 Å². The number of rotatable bonds is 5. The zero-order valence-electron chi connectivity index (χ0n) is 10.3. The van der Waals surface area contributed by atoms with Gasteiger partial charge in [0.25, 0.3) is 0 Å². The van der Waals surface area contributed by atoms with Crippen molar-refractivity contribution in [3.8, 4) is 5.75 Å². The molecular formula is C14H16N2O3. The predicted molar refractivity (Wildman–Crippen MR) is 72.5 cm³/mol. The first-order chi connectivity index (χ1) is 9.09. The second kappa shape index (κ2) is 5.69. The Kier molecular flexibility index (Phi) is 3.99. The quantitative estimate of drug-likeness (QED) is 0.629. The summed E-state index contributed by atoms with van der Waals surface area (Å²) in [6.45, 7) is 0.398. The number of aliphatic hydroxyl groups is 1. The van der Waals surface area contributed by atoms with Crippen LogP contribution < -0.4 is 11.1 Å². The van der Waals surface area contributed by atoms with Crippen LogP contribution in [-0.2, 0) is 11.3 Å². The Morgan fingerprint density at radius 2 is 2.00 bits per heavy atom. The molecule has 1 unspecified atom stereocenters. The van der Waals surface area contributed by atoms with E-state index in [1.54, 1.807) is 6.07 Å². The summed E-state index contributed by atoms with van der Waals surface area (Å²) >= 11 is 0. The highest BCUT2D eigenvalue weighted by Crippen LogP contribution is 2.26. The molecule has 0 fully saturated rings. The number of nitrogens with two attached hydrogens (primary N) is 1. The summed E-state index contributed by atoms with van der Waals surface area (Å²) in [5.74, 6) is -0.589. The summed E-state index contributed by atoms with van der Waals surface area (Å²) in [6, 6.07) is 11.2. The summed E-state index contributed by atoms with van der Waals surface area (Å²) in [5, 5.41) is 24.0. The average Bonchev–Trinajstić information content (AvgIpc) is 2.41. The van der Waals surface area contributed by atoms with E-state index in [1.807, 2.05) is 30.3 Å². The van der Waals surface area contributed by atoms with Gasteiger partial charge in [-0.05, 0) is 16.8 Å². The van der Waals surface area contributed by atoms with E-state index in [-0.39, 0.29) is 12.3 Å². The summed E-state index contributed by atoms with van der Waals surface area (Å²) in [4.78, 5) is 10.7. The Hall–Kier alpha value is -2.11. The normalized spacial score (nSPS) is 12.5. The molecule has 100 valence electrons. The molecule has 5 heteroatoms. The molecule has 0 aliphatic heterocycles. The fraction of sp³-hybridized carbons (Fsp3) is 0.214. The topological polar surface area (TPSA) is 95.6 Å². The van der Waals surface area contributed by atoms with Gasteiger partial charge >= 0.3 is 0 Å². The van der Waals surface area contributed by atoms with Crippen LogP contribution in [0.4, 0.5) is 0 Å². The summed E-state index contributed by atoms with van der Waals surface area (Å²) in [6.07, 6.45) is -1.22. The maximum Gasteiger partial charge on any atom is 0.247 e. The molecule has 0 heterocycles. The number of carbonyl (C=O) groups is 1. The second-order valence-corrected chi connectivity index (χ2v) is 4.33. The third-order valence-corrected chi connectivity index (χ3v) is 2.98. The van der Waals surface area contributed by atoms with E-state index in [0.29, 0.717) is 6.54 Å². The van der Waals surface area contributed by atoms with Gasteiger partial charge in [-0.1, -0.05) is 30.3 Å². The fourth-order valence-electron chi connectivity index (χ4n) is 1.94. The molecular weight excluding hydrogens is 244 g/mol. The first kappa shape index (κ1) is 13.3. The molecule has 0 radical (unpaired) electrons. The maximum atomic E-state index is 10.7. The maximum absolute atomic E-state index is 10.7. The number of aliphatic hydroxyl groups excluding tert-OH is 1. The third-order valence-electron chi connectivity index (χ3n) is 2.98. The molecule has 0 bridgehead atoms. The standard InChI is InChI=1S/C14H16N2O3/c15-14(19)13(18)8-16-7-11-10-4-2-1-3-9(10)5-6-12(11)17/h1-6,13,16-18H,7-8H2,(H2,15,19). The largest absolute Gasteiger partial charge is 0.508 e. The van der Waals surface area contributed by atoms with Gasteiger partial charge in [-0.15, -0.1) is 0 Å². The van der Waals surface area contributed by atoms with E-state index in [0.717, 1.165) is 16.3 Å². The Morgan fingerprint density at radius 3 is 2.74 bits per heavy atom. The molecule has 0 aliphatic rings. The molecule has 0 aliphatic carbocycles. The van der Waals surface area contributed by atoms with Gasteiger partial charge < -0.3 is 21.3 Å². The number of hydrogen-bond acceptors (Lipinski definition) is 4. The number of amides is 1. The Labute approximate surface area is 110 Å². The van der Waals surface area contributed by atoms with Crippen molar-refractivity contribution in [1.82, 2.24) is 5.32 Å². The molecule has 5 nitrogen and oxygen atoms in total. The van der Waals surface area contributed by atoms with Crippen LogP contribution in [0.3, 0.4) is 0 Å². The van der Waals surface area contributed by atoms with Crippen molar-refractivity contribution in [1.29, 1.82) is 0 Å². The second-order valence-electron chi connectivity index (χ2n) is 4.33. The number of nitrogens with one attached hydrogen (secondary N) is 1. The van der Waals surface area contributed by atoms with Gasteiger partial charge in [0, 0.05) is 18.7 Å². The van der Waals surface area contributed by atoms with Gasteiger partial charge in [-0.25, -0.2) is 0 Å². The molecule has 2 aromatic carbocycles. The SMILES string of the molecule is NC(=O)C(O)CNCc1c(O)ccc2ccccc12. The van der Waals surface area contributed by atoms with E-state index in [2.05, 4.69) is 5.32 Å². The lowest BCUT2D eigenvalue weighted by molar-refractivity contribution is -0.125. The summed E-state index contributed by atoms with van der Waals surface area (Å²) in [7, 11) is 0. The van der Waals surface area contributed by atoms with Gasteiger partial charge in [0.1, 0.15) is 11.9 Å². The summed E-state index contributed by atoms with van der Waals surface area (Å²) in [5.41, 5.74) is 5.69. The lowest BCUT2D eigenvalue weighted by atomic mass is 10.0. The highest BCUT2D eigenvalue weighted by atomic mass is 16.3. The first-order valence-electron chi connectivity index (χ1n) is 5.97. The molecule has 19 heavy (non-hydrogen) atoms. The molecule has 2 rings (SSSR count). The van der Waals surface area contributed by atoms with Crippen LogP contribution in [0.25, 0.3) is 10.8 Å². The van der Waals surface area contributed by atoms with Crippen molar-refractivity contribution in [2.75, 3.05) is 6.54 Å². The van der Waals surface area contributed by atoms with Crippen molar-refractivity contribution in [2.45, 2.75) is 12.6 Å². The zero-order valence-corrected chi connectivity index (χ0v) is 10.3. The summed E-state index contributed by atoms with van der Waals surface area (Å²) < 4.78 is 0. The van der Waals surface area contributed by atoms with Crippen molar-refractivity contribution >= 4 is 16.7 Å². The monoisotopic (exact) mass is 260 g/mol. The minimum Gasteiger partial charge on any atom is -0.508 e. The van der Waals surface area contributed by atoms with Gasteiger partial charge in [0.05, 0.1) is 0 Å². The van der Waals surface area contributed by atoms with Gasteiger partial charge in [-0.3, -0.25) is 4.79 Å². The molecule has 1 amide bonds. The Bertz CT molecular complexity index is 598. The molecule has 1 atom stereocenters. The predicted octanol–water partition coefficient (Wildman–Crippen LogP) is 0.481. The average molecular weight is 260 g/mol. The molecule has 2 aromatic rings. The smallest absolute Gasteiger partial charge is 0.247 e. The van der Waals surface area contributed by atoms with E-state index >= 15 is 0 Å². The minimum absolute atomic E-state index is 0.0536. The number of benzene rings is 2. The molecule has 0 aromatic heterocycles. The highest BCUT2D eigenvalue weighted by Gasteiger charge is 2.11. The number of aromatic hydroxyl groups is 1. The van der Waals surface area contributed by atoms with Crippen LogP contribution in [0, 0.1) is 0 Å². The number of phenolic OH excluding ortho intramolecular Hbond substituents is 1. The minimum atomic E-state index is -1.22. The van der Waals surface area contributed by atoms with E-state index in [1.165, 1.54) is 0 Å². The highest BCUT2D eigenvalue weighted by molar-refractivity contribution is 5.87. The van der Waals surface area contributed by atoms with Crippen LogP contribution in [0.15, 0.2) is 36.4 Å². The third kappa shape index (κ3) is 3.01. The van der Waals surface area contributed by atoms with Crippen LogP contribution in [-0.4, -0.2) is 28.8 Å². The van der Waals surface area contributed by atoms with Gasteiger partial charge in [-0.2, -0.15) is 0 Å². The molecule has 0 saturated heterocycles. The Balaban J connectivity index is 2.16. The number of fused-ring (bicyclic) bond motifs is 1. The molecule has 0 spiro atoms. The van der Waals surface area contributed by atoms with Crippen molar-refractivity contribution in [2.24, 2.45) is 5.73 Å². The van der Waals surface area contributed by atoms with Crippen molar-refractivity contribution < 1.29 is 15.0 Å². The zero-order chi connectivity index (χ0) is 13.8. The van der Waals surface area contributed by atoms with Crippen molar-refractivity contribution in [3.05, 3.63) is 42.0 Å². The van der Waals surface area contributed by atoms with E-state index in [9.17, 15) is 15.0 Å². The number of hydrogen-bond donors (Lipinski definition) is 4. The lowest BCUT2D eigenvalue weighted by Crippen LogP contribution is -2.37. The van der Waals surface area contributed by atoms with Gasteiger partial charge in [0.2, 0.25) is 5.91 Å². The Morgan fingerprint density at radius 1 is 1.26 bits per heavy atom. The number of phenols is 1. The van der Waals surface area contributed by atoms with E-state index in [4.69, 9.17) is 5.73 Å². The first-order valence-corrected chi connectivity index (χ1v) is 5.97.